The molecule has 0 fully saturated rings. The van der Waals surface area contributed by atoms with Crippen LogP contribution in [0.1, 0.15) is 29.1 Å². The number of hydrogen-bond acceptors (Lipinski definition) is 3. The van der Waals surface area contributed by atoms with Gasteiger partial charge < -0.3 is 9.84 Å². The smallest absolute Gasteiger partial charge is 0.358 e. The van der Waals surface area contributed by atoms with E-state index in [1.807, 2.05) is 37.3 Å². The van der Waals surface area contributed by atoms with Crippen LogP contribution in [-0.4, -0.2) is 16.1 Å². The summed E-state index contributed by atoms with van der Waals surface area (Å²) in [6.45, 7) is 1.86. The fourth-order valence-corrected chi connectivity index (χ4v) is 1.96. The van der Waals surface area contributed by atoms with E-state index in [1.165, 1.54) is 6.20 Å². The number of carbonyl (C=O) groups is 1. The maximum absolute atomic E-state index is 11.1. The van der Waals surface area contributed by atoms with Crippen molar-refractivity contribution in [3.05, 3.63) is 58.3 Å². The lowest BCUT2D eigenvalue weighted by Crippen LogP contribution is -2.09. The summed E-state index contributed by atoms with van der Waals surface area (Å²) in [5.41, 5.74) is 0.879. The first-order chi connectivity index (χ1) is 9.08. The van der Waals surface area contributed by atoms with Gasteiger partial charge in [0.25, 0.3) is 0 Å². The van der Waals surface area contributed by atoms with Gasteiger partial charge in [-0.05, 0) is 34.5 Å². The lowest BCUT2D eigenvalue weighted by molar-refractivity contribution is 0.0682. The van der Waals surface area contributed by atoms with Crippen molar-refractivity contribution in [3.8, 4) is 5.75 Å². The van der Waals surface area contributed by atoms with Gasteiger partial charge in [0.1, 0.15) is 6.10 Å². The minimum Gasteiger partial charge on any atom is -0.483 e. The summed E-state index contributed by atoms with van der Waals surface area (Å²) < 4.78 is 6.37. The highest BCUT2D eigenvalue weighted by atomic mass is 79.9. The zero-order chi connectivity index (χ0) is 13.8. The summed E-state index contributed by atoms with van der Waals surface area (Å²) in [4.78, 5) is 14.9. The zero-order valence-corrected chi connectivity index (χ0v) is 11.8. The largest absolute Gasteiger partial charge is 0.483 e. The molecule has 1 atom stereocenters. The molecule has 1 heterocycles. The monoisotopic (exact) mass is 321 g/mol. The Morgan fingerprint density at radius 2 is 2.05 bits per heavy atom. The molecule has 0 aliphatic rings. The van der Waals surface area contributed by atoms with Gasteiger partial charge in [0.2, 0.25) is 0 Å². The lowest BCUT2D eigenvalue weighted by atomic mass is 10.1. The molecule has 0 amide bonds. The van der Waals surface area contributed by atoms with Crippen molar-refractivity contribution in [1.29, 1.82) is 0 Å². The zero-order valence-electron chi connectivity index (χ0n) is 10.2. The Labute approximate surface area is 119 Å². The van der Waals surface area contributed by atoms with Crippen LogP contribution >= 0.6 is 15.9 Å². The van der Waals surface area contributed by atoms with Crippen molar-refractivity contribution < 1.29 is 14.6 Å². The topological polar surface area (TPSA) is 59.4 Å². The molecule has 0 aliphatic carbocycles. The van der Waals surface area contributed by atoms with Gasteiger partial charge in [-0.25, -0.2) is 9.78 Å². The molecule has 0 radical (unpaired) electrons. The standard InChI is InChI=1S/C14H12BrNO3/c1-9(10-5-3-2-4-6-10)19-12-7-11(15)8-16-13(12)14(17)18/h2-9H,1H3,(H,17,18). The van der Waals surface area contributed by atoms with Crippen molar-refractivity contribution in [1.82, 2.24) is 4.98 Å². The number of nitrogens with zero attached hydrogens (tertiary/aromatic N) is 1. The molecular weight excluding hydrogens is 310 g/mol. The Morgan fingerprint density at radius 3 is 2.68 bits per heavy atom. The van der Waals surface area contributed by atoms with Crippen molar-refractivity contribution in [2.24, 2.45) is 0 Å². The quantitative estimate of drug-likeness (QED) is 0.933. The minimum atomic E-state index is -1.11. The third-order valence-electron chi connectivity index (χ3n) is 2.59. The van der Waals surface area contributed by atoms with E-state index in [1.54, 1.807) is 6.07 Å². The van der Waals surface area contributed by atoms with Crippen LogP contribution in [0.4, 0.5) is 0 Å². The average Bonchev–Trinajstić information content (AvgIpc) is 2.39. The Bertz CT molecular complexity index is 586. The second-order valence-corrected chi connectivity index (χ2v) is 4.89. The number of carboxylic acid groups (broad SMARTS) is 1. The van der Waals surface area contributed by atoms with E-state index in [4.69, 9.17) is 9.84 Å². The predicted octanol–water partition coefficient (Wildman–Crippen LogP) is 3.68. The number of rotatable bonds is 4. The van der Waals surface area contributed by atoms with Crippen molar-refractivity contribution in [3.63, 3.8) is 0 Å². The Kier molecular flexibility index (Phi) is 4.16. The number of benzene rings is 1. The Balaban J connectivity index is 2.28. The molecule has 19 heavy (non-hydrogen) atoms. The molecule has 0 saturated carbocycles. The summed E-state index contributed by atoms with van der Waals surface area (Å²) in [7, 11) is 0. The minimum absolute atomic E-state index is 0.0917. The van der Waals surface area contributed by atoms with Gasteiger partial charge in [0.15, 0.2) is 11.4 Å². The maximum atomic E-state index is 11.1. The summed E-state index contributed by atoms with van der Waals surface area (Å²) >= 11 is 3.26. The summed E-state index contributed by atoms with van der Waals surface area (Å²) in [5.74, 6) is -0.860. The number of carboxylic acids is 1. The van der Waals surface area contributed by atoms with E-state index in [0.717, 1.165) is 5.56 Å². The van der Waals surface area contributed by atoms with Crippen LogP contribution in [0.25, 0.3) is 0 Å². The van der Waals surface area contributed by atoms with Crippen LogP contribution in [-0.2, 0) is 0 Å². The number of aromatic carboxylic acids is 1. The van der Waals surface area contributed by atoms with Crippen LogP contribution < -0.4 is 4.74 Å². The number of ether oxygens (including phenoxy) is 1. The van der Waals surface area contributed by atoms with Crippen molar-refractivity contribution in [2.75, 3.05) is 0 Å². The van der Waals surface area contributed by atoms with Crippen LogP contribution in [0, 0.1) is 0 Å². The molecule has 5 heteroatoms. The summed E-state index contributed by atoms with van der Waals surface area (Å²) in [6, 6.07) is 11.2. The van der Waals surface area contributed by atoms with Gasteiger partial charge in [0.05, 0.1) is 0 Å². The van der Waals surface area contributed by atoms with E-state index in [0.29, 0.717) is 4.47 Å². The van der Waals surface area contributed by atoms with Crippen LogP contribution in [0.3, 0.4) is 0 Å². The Hall–Kier alpha value is -1.88. The third-order valence-corrected chi connectivity index (χ3v) is 3.03. The van der Waals surface area contributed by atoms with Crippen LogP contribution in [0.5, 0.6) is 5.75 Å². The molecule has 2 aromatic rings. The molecule has 2 rings (SSSR count). The SMILES string of the molecule is CC(Oc1cc(Br)cnc1C(=O)O)c1ccccc1. The third kappa shape index (κ3) is 3.32. The van der Waals surface area contributed by atoms with Crippen LogP contribution in [0.15, 0.2) is 47.1 Å². The molecule has 0 spiro atoms. The first-order valence-corrected chi connectivity index (χ1v) is 6.47. The van der Waals surface area contributed by atoms with Crippen molar-refractivity contribution >= 4 is 21.9 Å². The molecular formula is C14H12BrNO3. The first-order valence-electron chi connectivity index (χ1n) is 5.68. The van der Waals surface area contributed by atoms with Gasteiger partial charge >= 0.3 is 5.97 Å². The highest BCUT2D eigenvalue weighted by molar-refractivity contribution is 9.10. The van der Waals surface area contributed by atoms with E-state index in [2.05, 4.69) is 20.9 Å². The molecule has 0 saturated heterocycles. The van der Waals surface area contributed by atoms with E-state index in [-0.39, 0.29) is 17.5 Å². The second kappa shape index (κ2) is 5.84. The molecule has 4 nitrogen and oxygen atoms in total. The fraction of sp³-hybridized carbons (Fsp3) is 0.143. The normalized spacial score (nSPS) is 11.9. The number of halogens is 1. The lowest BCUT2D eigenvalue weighted by Gasteiger charge is -2.16. The van der Waals surface area contributed by atoms with Crippen LogP contribution in [0.2, 0.25) is 0 Å². The molecule has 98 valence electrons. The first kappa shape index (κ1) is 13.5. The maximum Gasteiger partial charge on any atom is 0.358 e. The van der Waals surface area contributed by atoms with E-state index >= 15 is 0 Å². The summed E-state index contributed by atoms with van der Waals surface area (Å²) in [6.07, 6.45) is 1.18. The predicted molar refractivity (Wildman–Crippen MR) is 74.4 cm³/mol. The molecule has 1 unspecified atom stereocenters. The molecule has 1 N–H and O–H groups in total. The number of pyridine rings is 1. The van der Waals surface area contributed by atoms with Crippen molar-refractivity contribution in [2.45, 2.75) is 13.0 Å². The van der Waals surface area contributed by atoms with Gasteiger partial charge in [-0.15, -0.1) is 0 Å². The fourth-order valence-electron chi connectivity index (χ4n) is 1.65. The number of hydrogen-bond donors (Lipinski definition) is 1. The van der Waals surface area contributed by atoms with E-state index in [9.17, 15) is 4.79 Å². The molecule has 0 bridgehead atoms. The van der Waals surface area contributed by atoms with Gasteiger partial charge in [-0.2, -0.15) is 0 Å². The van der Waals surface area contributed by atoms with Gasteiger partial charge in [-0.3, -0.25) is 0 Å². The van der Waals surface area contributed by atoms with Gasteiger partial charge in [0, 0.05) is 10.7 Å². The second-order valence-electron chi connectivity index (χ2n) is 3.98. The van der Waals surface area contributed by atoms with Gasteiger partial charge in [-0.1, -0.05) is 30.3 Å². The molecule has 0 aliphatic heterocycles. The average molecular weight is 322 g/mol. The number of aromatic nitrogens is 1. The molecule has 1 aromatic heterocycles. The highest BCUT2D eigenvalue weighted by Gasteiger charge is 2.16. The van der Waals surface area contributed by atoms with E-state index < -0.39 is 5.97 Å². The molecule has 1 aromatic carbocycles. The summed E-state index contributed by atoms with van der Waals surface area (Å²) in [5, 5.41) is 9.08. The highest BCUT2D eigenvalue weighted by Crippen LogP contribution is 2.26. The Morgan fingerprint density at radius 1 is 1.37 bits per heavy atom.